The molecule has 94 valence electrons. The fourth-order valence-corrected chi connectivity index (χ4v) is 2.34. The van der Waals surface area contributed by atoms with Crippen molar-refractivity contribution >= 4 is 11.6 Å². The van der Waals surface area contributed by atoms with Crippen LogP contribution in [0.15, 0.2) is 12.1 Å². The molecule has 0 amide bonds. The molecule has 2 atom stereocenters. The first kappa shape index (κ1) is 12.7. The second kappa shape index (κ2) is 5.25. The molecule has 1 saturated heterocycles. The van der Waals surface area contributed by atoms with Crippen LogP contribution >= 0.6 is 11.6 Å². The Morgan fingerprint density at radius 3 is 2.82 bits per heavy atom. The van der Waals surface area contributed by atoms with Crippen molar-refractivity contribution in [1.29, 1.82) is 0 Å². The molecular formula is C13H18ClNO2. The lowest BCUT2D eigenvalue weighted by molar-refractivity contribution is 0.0148. The zero-order valence-electron chi connectivity index (χ0n) is 10.4. The molecule has 0 aromatic heterocycles. The van der Waals surface area contributed by atoms with Crippen LogP contribution in [-0.2, 0) is 4.74 Å². The Labute approximate surface area is 107 Å². The molecule has 4 heteroatoms. The quantitative estimate of drug-likeness (QED) is 0.882. The summed E-state index contributed by atoms with van der Waals surface area (Å²) in [5.41, 5.74) is 2.35. The normalized spacial score (nSPS) is 24.7. The maximum absolute atomic E-state index is 6.16. The molecule has 1 aliphatic rings. The van der Waals surface area contributed by atoms with Crippen molar-refractivity contribution in [3.63, 3.8) is 0 Å². The molecule has 0 aliphatic carbocycles. The minimum Gasteiger partial charge on any atom is -0.495 e. The van der Waals surface area contributed by atoms with E-state index >= 15 is 0 Å². The van der Waals surface area contributed by atoms with Crippen LogP contribution in [0.3, 0.4) is 0 Å². The Morgan fingerprint density at radius 2 is 2.24 bits per heavy atom. The van der Waals surface area contributed by atoms with Gasteiger partial charge in [-0.1, -0.05) is 11.6 Å². The van der Waals surface area contributed by atoms with Crippen LogP contribution in [0.25, 0.3) is 0 Å². The maximum atomic E-state index is 6.16. The zero-order chi connectivity index (χ0) is 12.4. The van der Waals surface area contributed by atoms with E-state index in [1.165, 1.54) is 11.1 Å². The molecule has 0 spiro atoms. The maximum Gasteiger partial charge on any atom is 0.137 e. The van der Waals surface area contributed by atoms with E-state index in [1.807, 2.05) is 12.1 Å². The van der Waals surface area contributed by atoms with E-state index in [2.05, 4.69) is 19.2 Å². The number of morpholine rings is 1. The third-order valence-electron chi connectivity index (χ3n) is 3.12. The monoisotopic (exact) mass is 255 g/mol. The molecule has 3 nitrogen and oxygen atoms in total. The van der Waals surface area contributed by atoms with Crippen LogP contribution < -0.4 is 10.1 Å². The number of hydrogen-bond acceptors (Lipinski definition) is 3. The number of methoxy groups -OCH3 is 1. The summed E-state index contributed by atoms with van der Waals surface area (Å²) in [6.45, 7) is 5.68. The summed E-state index contributed by atoms with van der Waals surface area (Å²) in [6, 6.07) is 4.15. The molecule has 2 rings (SSSR count). The molecule has 2 unspecified atom stereocenters. The molecule has 1 aromatic rings. The summed E-state index contributed by atoms with van der Waals surface area (Å²) in [7, 11) is 1.63. The van der Waals surface area contributed by atoms with Gasteiger partial charge in [0.05, 0.1) is 30.9 Å². The Kier molecular flexibility index (Phi) is 3.92. The number of halogens is 1. The first-order valence-electron chi connectivity index (χ1n) is 5.81. The van der Waals surface area contributed by atoms with Gasteiger partial charge in [-0.15, -0.1) is 0 Å². The summed E-state index contributed by atoms with van der Waals surface area (Å²) in [5, 5.41) is 4.11. The van der Waals surface area contributed by atoms with Crippen molar-refractivity contribution < 1.29 is 9.47 Å². The van der Waals surface area contributed by atoms with Crippen molar-refractivity contribution in [2.45, 2.75) is 26.0 Å². The highest BCUT2D eigenvalue weighted by Gasteiger charge is 2.21. The average molecular weight is 256 g/mol. The lowest BCUT2D eigenvalue weighted by Crippen LogP contribution is -2.39. The molecule has 1 aliphatic heterocycles. The Morgan fingerprint density at radius 1 is 1.47 bits per heavy atom. The second-order valence-electron chi connectivity index (χ2n) is 4.45. The number of rotatable bonds is 2. The zero-order valence-corrected chi connectivity index (χ0v) is 11.2. The van der Waals surface area contributed by atoms with Crippen LogP contribution in [0, 0.1) is 6.92 Å². The lowest BCUT2D eigenvalue weighted by atomic mass is 10.0. The number of aryl methyl sites for hydroxylation is 1. The first-order valence-corrected chi connectivity index (χ1v) is 6.18. The number of hydrogen-bond donors (Lipinski definition) is 1. The highest BCUT2D eigenvalue weighted by molar-refractivity contribution is 6.32. The number of ether oxygens (including phenoxy) is 2. The predicted octanol–water partition coefficient (Wildman–Crippen LogP) is 2.71. The molecule has 1 heterocycles. The number of benzene rings is 1. The van der Waals surface area contributed by atoms with Gasteiger partial charge in [-0.25, -0.2) is 0 Å². The molecule has 17 heavy (non-hydrogen) atoms. The van der Waals surface area contributed by atoms with Gasteiger partial charge >= 0.3 is 0 Å². The van der Waals surface area contributed by atoms with E-state index in [4.69, 9.17) is 21.1 Å². The Bertz CT molecular complexity index is 401. The molecule has 0 radical (unpaired) electrons. The highest BCUT2D eigenvalue weighted by atomic mass is 35.5. The Hall–Kier alpha value is -0.770. The topological polar surface area (TPSA) is 30.5 Å². The van der Waals surface area contributed by atoms with Crippen molar-refractivity contribution in [2.75, 3.05) is 20.3 Å². The third-order valence-corrected chi connectivity index (χ3v) is 3.41. The largest absolute Gasteiger partial charge is 0.495 e. The van der Waals surface area contributed by atoms with Gasteiger partial charge in [0.1, 0.15) is 5.75 Å². The summed E-state index contributed by atoms with van der Waals surface area (Å²) >= 11 is 6.16. The van der Waals surface area contributed by atoms with Crippen molar-refractivity contribution in [1.82, 2.24) is 5.32 Å². The summed E-state index contributed by atoms with van der Waals surface area (Å²) in [5.74, 6) is 0.720. The predicted molar refractivity (Wildman–Crippen MR) is 68.9 cm³/mol. The molecule has 1 aromatic carbocycles. The minimum atomic E-state index is 0.217. The number of nitrogens with one attached hydrogen (secondary N) is 1. The van der Waals surface area contributed by atoms with Crippen LogP contribution in [0.4, 0.5) is 0 Å². The standard InChI is InChI=1S/C13H18ClNO2/c1-8-4-13(16-3)11(14)5-10(8)12-7-17-9(2)6-15-12/h4-5,9,12,15H,6-7H2,1-3H3. The van der Waals surface area contributed by atoms with Gasteiger partial charge in [0, 0.05) is 6.54 Å². The van der Waals surface area contributed by atoms with E-state index in [-0.39, 0.29) is 12.1 Å². The summed E-state index contributed by atoms with van der Waals surface area (Å²) < 4.78 is 10.9. The van der Waals surface area contributed by atoms with Gasteiger partial charge in [-0.2, -0.15) is 0 Å². The van der Waals surface area contributed by atoms with Gasteiger partial charge < -0.3 is 14.8 Å². The second-order valence-corrected chi connectivity index (χ2v) is 4.86. The van der Waals surface area contributed by atoms with Gasteiger partial charge in [-0.05, 0) is 37.1 Å². The van der Waals surface area contributed by atoms with E-state index in [1.54, 1.807) is 7.11 Å². The molecule has 1 fully saturated rings. The van der Waals surface area contributed by atoms with E-state index < -0.39 is 0 Å². The molecule has 0 saturated carbocycles. The van der Waals surface area contributed by atoms with Crippen molar-refractivity contribution in [3.8, 4) is 5.75 Å². The van der Waals surface area contributed by atoms with Crippen molar-refractivity contribution in [2.24, 2.45) is 0 Å². The molecule has 1 N–H and O–H groups in total. The van der Waals surface area contributed by atoms with Crippen LogP contribution in [0.2, 0.25) is 5.02 Å². The van der Waals surface area contributed by atoms with Crippen molar-refractivity contribution in [3.05, 3.63) is 28.3 Å². The van der Waals surface area contributed by atoms with Gasteiger partial charge in [0.15, 0.2) is 0 Å². The highest BCUT2D eigenvalue weighted by Crippen LogP contribution is 2.31. The SMILES string of the molecule is COc1cc(C)c(C2COC(C)CN2)cc1Cl. The smallest absolute Gasteiger partial charge is 0.137 e. The fourth-order valence-electron chi connectivity index (χ4n) is 2.09. The Balaban J connectivity index is 2.23. The first-order chi connectivity index (χ1) is 8.11. The van der Waals surface area contributed by atoms with Crippen LogP contribution in [0.1, 0.15) is 24.1 Å². The minimum absolute atomic E-state index is 0.217. The molecular weight excluding hydrogens is 238 g/mol. The van der Waals surface area contributed by atoms with E-state index in [0.29, 0.717) is 11.6 Å². The molecule has 0 bridgehead atoms. The van der Waals surface area contributed by atoms with Crippen LogP contribution in [0.5, 0.6) is 5.75 Å². The van der Waals surface area contributed by atoms with E-state index in [9.17, 15) is 0 Å². The third kappa shape index (κ3) is 2.73. The van der Waals surface area contributed by atoms with Gasteiger partial charge in [0.25, 0.3) is 0 Å². The van der Waals surface area contributed by atoms with Gasteiger partial charge in [-0.3, -0.25) is 0 Å². The van der Waals surface area contributed by atoms with E-state index in [0.717, 1.165) is 12.3 Å². The fraction of sp³-hybridized carbons (Fsp3) is 0.538. The van der Waals surface area contributed by atoms with Crippen LogP contribution in [-0.4, -0.2) is 26.4 Å². The summed E-state index contributed by atoms with van der Waals surface area (Å²) in [6.07, 6.45) is 0.278. The summed E-state index contributed by atoms with van der Waals surface area (Å²) in [4.78, 5) is 0. The van der Waals surface area contributed by atoms with Gasteiger partial charge in [0.2, 0.25) is 0 Å². The lowest BCUT2D eigenvalue weighted by Gasteiger charge is -2.29. The average Bonchev–Trinajstić information content (AvgIpc) is 2.33.